The van der Waals surface area contributed by atoms with Gasteiger partial charge in [0.15, 0.2) is 6.04 Å². The molecular weight excluding hydrogens is 323 g/mol. The van der Waals surface area contributed by atoms with E-state index in [1.807, 2.05) is 18.4 Å². The molecule has 1 aromatic carbocycles. The van der Waals surface area contributed by atoms with Gasteiger partial charge in [-0.05, 0) is 43.5 Å². The molecule has 0 saturated carbocycles. The van der Waals surface area contributed by atoms with Crippen molar-refractivity contribution >= 4 is 34.5 Å². The van der Waals surface area contributed by atoms with Crippen molar-refractivity contribution in [2.75, 3.05) is 11.9 Å². The Morgan fingerprint density at radius 2 is 2.23 bits per heavy atom. The van der Waals surface area contributed by atoms with Crippen molar-refractivity contribution < 1.29 is 14.1 Å². The number of carbonyl (C=O) groups excluding carboxylic acids is 1. The van der Waals surface area contributed by atoms with Gasteiger partial charge in [0.25, 0.3) is 5.91 Å². The summed E-state index contributed by atoms with van der Waals surface area (Å²) in [7, 11) is 0. The van der Waals surface area contributed by atoms with Crippen molar-refractivity contribution in [1.29, 1.82) is 0 Å². The second-order valence-electron chi connectivity index (χ2n) is 5.10. The molecule has 1 aromatic heterocycles. The zero-order chi connectivity index (χ0) is 16.1. The summed E-state index contributed by atoms with van der Waals surface area (Å²) in [5, 5.41) is 5.02. The number of carbonyl (C=O) groups is 1. The van der Waals surface area contributed by atoms with Crippen molar-refractivity contribution in [2.45, 2.75) is 26.4 Å². The van der Waals surface area contributed by atoms with Crippen LogP contribution in [-0.2, 0) is 11.3 Å². The zero-order valence-electron chi connectivity index (χ0n) is 12.5. The highest BCUT2D eigenvalue weighted by molar-refractivity contribution is 7.09. The van der Waals surface area contributed by atoms with Gasteiger partial charge in [-0.1, -0.05) is 17.7 Å². The van der Waals surface area contributed by atoms with Gasteiger partial charge in [-0.25, -0.2) is 4.39 Å². The van der Waals surface area contributed by atoms with Crippen molar-refractivity contribution in [1.82, 2.24) is 0 Å². The lowest BCUT2D eigenvalue weighted by molar-refractivity contribution is -0.925. The number of nitrogens with one attached hydrogen (secondary N) is 2. The molecule has 0 radical (unpaired) electrons. The summed E-state index contributed by atoms with van der Waals surface area (Å²) in [5.41, 5.74) is 0.437. The van der Waals surface area contributed by atoms with Gasteiger partial charge in [-0.15, -0.1) is 11.3 Å². The SMILES string of the molecule is CC[NH+](Cc1cccs1)[C@H](C)C(=O)Nc1ccc(F)cc1Cl. The lowest BCUT2D eigenvalue weighted by Crippen LogP contribution is -3.15. The number of rotatable bonds is 6. The average molecular weight is 342 g/mol. The first kappa shape index (κ1) is 16.9. The molecule has 1 unspecified atom stereocenters. The van der Waals surface area contributed by atoms with Crippen molar-refractivity contribution in [3.63, 3.8) is 0 Å². The van der Waals surface area contributed by atoms with Crippen LogP contribution in [0.5, 0.6) is 0 Å². The Labute approximate surface area is 138 Å². The van der Waals surface area contributed by atoms with Crippen LogP contribution in [0.2, 0.25) is 5.02 Å². The molecule has 22 heavy (non-hydrogen) atoms. The largest absolute Gasteiger partial charge is 0.321 e. The van der Waals surface area contributed by atoms with Crippen molar-refractivity contribution in [3.05, 3.63) is 51.4 Å². The maximum atomic E-state index is 13.0. The molecule has 2 aromatic rings. The van der Waals surface area contributed by atoms with Crippen LogP contribution in [0, 0.1) is 5.82 Å². The molecule has 0 saturated heterocycles. The van der Waals surface area contributed by atoms with Crippen LogP contribution in [0.25, 0.3) is 0 Å². The summed E-state index contributed by atoms with van der Waals surface area (Å²) in [6.07, 6.45) is 0. The normalized spacial score (nSPS) is 13.6. The van der Waals surface area contributed by atoms with Crippen LogP contribution < -0.4 is 10.2 Å². The first-order valence-corrected chi connectivity index (χ1v) is 8.40. The van der Waals surface area contributed by atoms with E-state index in [2.05, 4.69) is 18.3 Å². The third kappa shape index (κ3) is 4.29. The second kappa shape index (κ2) is 7.72. The number of amides is 1. The Balaban J connectivity index is 2.03. The summed E-state index contributed by atoms with van der Waals surface area (Å²) < 4.78 is 13.0. The standard InChI is InChI=1S/C16H18ClFN2OS/c1-3-20(10-13-5-4-8-22-13)11(2)16(21)19-15-7-6-12(18)9-14(15)17/h4-9,11H,3,10H2,1-2H3,(H,19,21)/p+1/t11-/m1/s1. The molecule has 1 amide bonds. The first-order chi connectivity index (χ1) is 10.5. The fraction of sp³-hybridized carbons (Fsp3) is 0.312. The molecule has 3 nitrogen and oxygen atoms in total. The van der Waals surface area contributed by atoms with Crippen LogP contribution in [0.15, 0.2) is 35.7 Å². The number of hydrogen-bond donors (Lipinski definition) is 2. The molecule has 2 N–H and O–H groups in total. The molecule has 1 heterocycles. The van der Waals surface area contributed by atoms with E-state index in [1.165, 1.54) is 23.1 Å². The lowest BCUT2D eigenvalue weighted by atomic mass is 10.2. The van der Waals surface area contributed by atoms with Crippen LogP contribution in [-0.4, -0.2) is 18.5 Å². The molecule has 0 aliphatic carbocycles. The van der Waals surface area contributed by atoms with E-state index in [0.29, 0.717) is 5.69 Å². The summed E-state index contributed by atoms with van der Waals surface area (Å²) in [5.74, 6) is -0.545. The number of benzene rings is 1. The Hall–Kier alpha value is -1.43. The van der Waals surface area contributed by atoms with Gasteiger partial charge in [0.05, 0.1) is 22.1 Å². The quantitative estimate of drug-likeness (QED) is 0.832. The van der Waals surface area contributed by atoms with E-state index in [0.717, 1.165) is 18.0 Å². The zero-order valence-corrected chi connectivity index (χ0v) is 14.1. The molecule has 2 rings (SSSR count). The van der Waals surface area contributed by atoms with Gasteiger partial charge in [0.2, 0.25) is 0 Å². The van der Waals surface area contributed by atoms with E-state index in [-0.39, 0.29) is 17.0 Å². The van der Waals surface area contributed by atoms with E-state index in [4.69, 9.17) is 11.6 Å². The molecule has 0 aliphatic heterocycles. The first-order valence-electron chi connectivity index (χ1n) is 7.14. The second-order valence-corrected chi connectivity index (χ2v) is 6.54. The third-order valence-electron chi connectivity index (χ3n) is 3.63. The van der Waals surface area contributed by atoms with Gasteiger partial charge in [-0.3, -0.25) is 4.79 Å². The minimum Gasteiger partial charge on any atom is -0.321 e. The highest BCUT2D eigenvalue weighted by Crippen LogP contribution is 2.22. The topological polar surface area (TPSA) is 33.5 Å². The number of quaternary nitrogens is 1. The Morgan fingerprint density at radius 1 is 1.45 bits per heavy atom. The van der Waals surface area contributed by atoms with Gasteiger partial charge in [-0.2, -0.15) is 0 Å². The number of halogens is 2. The predicted octanol–water partition coefficient (Wildman–Crippen LogP) is 2.97. The van der Waals surface area contributed by atoms with E-state index in [9.17, 15) is 9.18 Å². The molecule has 0 fully saturated rings. The summed E-state index contributed by atoms with van der Waals surface area (Å²) in [4.78, 5) is 14.8. The minimum absolute atomic E-state index is 0.123. The van der Waals surface area contributed by atoms with E-state index < -0.39 is 5.82 Å². The summed E-state index contributed by atoms with van der Waals surface area (Å²) in [6.45, 7) is 5.58. The van der Waals surface area contributed by atoms with Crippen LogP contribution in [0.3, 0.4) is 0 Å². The molecule has 6 heteroatoms. The fourth-order valence-corrected chi connectivity index (χ4v) is 3.21. The van der Waals surface area contributed by atoms with E-state index in [1.54, 1.807) is 11.3 Å². The van der Waals surface area contributed by atoms with Gasteiger partial charge in [0, 0.05) is 0 Å². The molecule has 2 atom stereocenters. The van der Waals surface area contributed by atoms with Crippen LogP contribution in [0.1, 0.15) is 18.7 Å². The monoisotopic (exact) mass is 341 g/mol. The maximum Gasteiger partial charge on any atom is 0.282 e. The number of thiophene rings is 1. The maximum absolute atomic E-state index is 13.0. The number of hydrogen-bond acceptors (Lipinski definition) is 2. The van der Waals surface area contributed by atoms with Gasteiger partial charge in [0.1, 0.15) is 12.4 Å². The highest BCUT2D eigenvalue weighted by Gasteiger charge is 2.24. The number of anilines is 1. The van der Waals surface area contributed by atoms with Crippen LogP contribution >= 0.6 is 22.9 Å². The van der Waals surface area contributed by atoms with E-state index >= 15 is 0 Å². The molecule has 0 bridgehead atoms. The smallest absolute Gasteiger partial charge is 0.282 e. The fourth-order valence-electron chi connectivity index (χ4n) is 2.24. The van der Waals surface area contributed by atoms with Crippen molar-refractivity contribution in [3.8, 4) is 0 Å². The molecule has 0 aliphatic rings. The summed E-state index contributed by atoms with van der Waals surface area (Å²) >= 11 is 7.64. The Bertz CT molecular complexity index is 633. The van der Waals surface area contributed by atoms with Crippen LogP contribution in [0.4, 0.5) is 10.1 Å². The van der Waals surface area contributed by atoms with Gasteiger partial charge < -0.3 is 10.2 Å². The third-order valence-corrected chi connectivity index (χ3v) is 4.82. The molecule has 0 spiro atoms. The lowest BCUT2D eigenvalue weighted by Gasteiger charge is -2.23. The number of likely N-dealkylation sites (N-methyl/N-ethyl adjacent to an activating group) is 1. The van der Waals surface area contributed by atoms with Crippen molar-refractivity contribution in [2.24, 2.45) is 0 Å². The average Bonchev–Trinajstić information content (AvgIpc) is 3.00. The highest BCUT2D eigenvalue weighted by atomic mass is 35.5. The Kier molecular flexibility index (Phi) is 5.94. The minimum atomic E-state index is -0.422. The summed E-state index contributed by atoms with van der Waals surface area (Å²) in [6, 6.07) is 7.80. The predicted molar refractivity (Wildman–Crippen MR) is 89.0 cm³/mol. The van der Waals surface area contributed by atoms with Gasteiger partial charge >= 0.3 is 0 Å². The Morgan fingerprint density at radius 3 is 2.82 bits per heavy atom. The molecule has 118 valence electrons. The molecular formula is C16H19ClFN2OS+.